The monoisotopic (exact) mass is 576 g/mol. The Morgan fingerprint density at radius 2 is 1.91 bits per heavy atom. The van der Waals surface area contributed by atoms with Crippen molar-refractivity contribution in [2.75, 3.05) is 25.9 Å². The van der Waals surface area contributed by atoms with Gasteiger partial charge in [0.05, 0.1) is 11.3 Å². The van der Waals surface area contributed by atoms with Crippen molar-refractivity contribution in [2.24, 2.45) is 0 Å². The molecule has 3 N–H and O–H groups in total. The predicted octanol–water partition coefficient (Wildman–Crippen LogP) is 4.90. The summed E-state index contributed by atoms with van der Waals surface area (Å²) in [7, 11) is 1.97. The molecule has 0 bridgehead atoms. The van der Waals surface area contributed by atoms with E-state index in [-0.39, 0.29) is 5.91 Å². The van der Waals surface area contributed by atoms with E-state index >= 15 is 0 Å². The lowest BCUT2D eigenvalue weighted by atomic mass is 10.1. The molecule has 4 aromatic heterocycles. The van der Waals surface area contributed by atoms with Crippen molar-refractivity contribution in [2.45, 2.75) is 45.1 Å². The summed E-state index contributed by atoms with van der Waals surface area (Å²) < 4.78 is 7.64. The van der Waals surface area contributed by atoms with Gasteiger partial charge in [-0.25, -0.2) is 19.9 Å². The third kappa shape index (κ3) is 5.78. The Morgan fingerprint density at radius 3 is 2.63 bits per heavy atom. The number of carbonyl (C=O) groups excluding carboxylic acids is 1. The molecule has 0 unspecified atom stereocenters. The number of fused-ring (bicyclic) bond motifs is 2. The first-order valence-electron chi connectivity index (χ1n) is 14.7. The van der Waals surface area contributed by atoms with E-state index in [0.29, 0.717) is 29.3 Å². The molecule has 5 aromatic rings. The van der Waals surface area contributed by atoms with E-state index in [2.05, 4.69) is 44.6 Å². The normalized spacial score (nSPS) is 14.8. The number of imidazole rings is 1. The number of hydrogen-bond acceptors (Lipinski definition) is 8. The molecule has 0 radical (unpaired) electrons. The summed E-state index contributed by atoms with van der Waals surface area (Å²) in [6.45, 7) is 7.08. The fourth-order valence-corrected chi connectivity index (χ4v) is 5.79. The number of piperidine rings is 1. The number of oxazole rings is 1. The number of hydrogen-bond donors (Lipinski definition) is 2. The molecule has 10 nitrogen and oxygen atoms in total. The number of likely N-dealkylation sites (tertiary alicyclic amines) is 1. The number of rotatable bonds is 5. The average molecular weight is 577 g/mol. The second-order valence-electron chi connectivity index (χ2n) is 10.9. The van der Waals surface area contributed by atoms with Crippen molar-refractivity contribution in [1.29, 1.82) is 0 Å². The zero-order valence-electron chi connectivity index (χ0n) is 24.6. The topological polar surface area (TPSA) is 128 Å². The molecule has 1 aromatic carbocycles. The van der Waals surface area contributed by atoms with Gasteiger partial charge in [-0.15, -0.1) is 0 Å². The van der Waals surface area contributed by atoms with Crippen LogP contribution in [0.4, 0.5) is 5.82 Å². The van der Waals surface area contributed by atoms with Gasteiger partial charge in [-0.05, 0) is 99.7 Å². The number of aryl methyl sites for hydroxylation is 3. The fourth-order valence-electron chi connectivity index (χ4n) is 5.79. The van der Waals surface area contributed by atoms with E-state index < -0.39 is 0 Å². The van der Waals surface area contributed by atoms with Gasteiger partial charge in [0.2, 0.25) is 11.8 Å². The van der Waals surface area contributed by atoms with E-state index in [0.717, 1.165) is 66.9 Å². The first-order chi connectivity index (χ1) is 20.9. The lowest BCUT2D eigenvalue weighted by Crippen LogP contribution is -2.43. The molecule has 0 atom stereocenters. The van der Waals surface area contributed by atoms with E-state index in [1.54, 1.807) is 12.5 Å². The summed E-state index contributed by atoms with van der Waals surface area (Å²) in [5.74, 6) is 1.70. The number of nitrogens with two attached hydrogens (primary N) is 1. The minimum absolute atomic E-state index is 0.0598. The van der Waals surface area contributed by atoms with Gasteiger partial charge in [0, 0.05) is 31.0 Å². The first kappa shape index (κ1) is 28.3. The maximum Gasteiger partial charge on any atom is 0.245 e. The van der Waals surface area contributed by atoms with Crippen molar-refractivity contribution in [3.8, 4) is 28.7 Å². The Labute approximate surface area is 250 Å². The molecule has 5 heterocycles. The third-order valence-corrected chi connectivity index (χ3v) is 8.15. The molecule has 1 aliphatic carbocycles. The molecular weight excluding hydrogens is 540 g/mol. The second-order valence-corrected chi connectivity index (χ2v) is 10.9. The Morgan fingerprint density at radius 1 is 1.09 bits per heavy atom. The van der Waals surface area contributed by atoms with Crippen molar-refractivity contribution in [1.82, 2.24) is 34.7 Å². The Balaban J connectivity index is 0.000000232. The molecule has 1 saturated heterocycles. The molecule has 0 spiro atoms. The second kappa shape index (κ2) is 12.2. The van der Waals surface area contributed by atoms with Crippen LogP contribution in [0.1, 0.15) is 36.1 Å². The van der Waals surface area contributed by atoms with Crippen LogP contribution < -0.4 is 11.1 Å². The molecule has 1 fully saturated rings. The first-order valence-corrected chi connectivity index (χ1v) is 14.7. The number of amides is 1. The van der Waals surface area contributed by atoms with Crippen LogP contribution in [0.3, 0.4) is 0 Å². The van der Waals surface area contributed by atoms with Gasteiger partial charge in [-0.3, -0.25) is 9.36 Å². The minimum Gasteiger partial charge on any atom is -0.443 e. The standard InChI is InChI=1S/C24H20N6O.C9H16N2O/c1-14-13-31-24(27-14)20-10-9-19-23(29-20)30(17-8-7-15-4-2-5-16(15)12-17)22(28-19)18-6-3-11-26-21(18)25;1-3-9(12)11-6-4-8(10-2)5-7-11/h3,6-13H,2,4-5H2,1H3,(H2,25,26);3,8,10H,1,4-7H2,2H3. The Bertz CT molecular complexity index is 1780. The molecule has 220 valence electrons. The number of nitrogens with one attached hydrogen (secondary N) is 1. The summed E-state index contributed by atoms with van der Waals surface area (Å²) in [4.78, 5) is 31.5. The van der Waals surface area contributed by atoms with Crippen LogP contribution >= 0.6 is 0 Å². The smallest absolute Gasteiger partial charge is 0.245 e. The molecular formula is C33H36N8O2. The summed E-state index contributed by atoms with van der Waals surface area (Å²) in [5.41, 5.74) is 13.8. The van der Waals surface area contributed by atoms with Gasteiger partial charge in [-0.2, -0.15) is 0 Å². The zero-order valence-corrected chi connectivity index (χ0v) is 24.6. The van der Waals surface area contributed by atoms with Gasteiger partial charge >= 0.3 is 0 Å². The number of nitrogen functional groups attached to an aromatic ring is 1. The maximum atomic E-state index is 11.1. The highest BCUT2D eigenvalue weighted by Gasteiger charge is 2.22. The summed E-state index contributed by atoms with van der Waals surface area (Å²) >= 11 is 0. The number of anilines is 1. The van der Waals surface area contributed by atoms with Crippen LogP contribution in [0.25, 0.3) is 39.8 Å². The number of aromatic nitrogens is 5. The fraction of sp³-hybridized carbons (Fsp3) is 0.303. The van der Waals surface area contributed by atoms with Crippen LogP contribution in [0.2, 0.25) is 0 Å². The molecule has 7 rings (SSSR count). The number of pyridine rings is 2. The lowest BCUT2D eigenvalue weighted by molar-refractivity contribution is -0.127. The van der Waals surface area contributed by atoms with E-state index in [4.69, 9.17) is 20.1 Å². The van der Waals surface area contributed by atoms with Crippen LogP contribution in [0.15, 0.2) is 72.0 Å². The summed E-state index contributed by atoms with van der Waals surface area (Å²) in [6.07, 6.45) is 10.2. The van der Waals surface area contributed by atoms with Gasteiger partial charge in [0.25, 0.3) is 0 Å². The average Bonchev–Trinajstić information content (AvgIpc) is 3.79. The highest BCUT2D eigenvalue weighted by atomic mass is 16.3. The third-order valence-electron chi connectivity index (χ3n) is 8.15. The van der Waals surface area contributed by atoms with Crippen LogP contribution in [0, 0.1) is 6.92 Å². The predicted molar refractivity (Wildman–Crippen MR) is 168 cm³/mol. The number of benzene rings is 1. The minimum atomic E-state index is 0.0598. The molecule has 43 heavy (non-hydrogen) atoms. The number of carbonyl (C=O) groups is 1. The van der Waals surface area contributed by atoms with Crippen molar-refractivity contribution >= 4 is 22.9 Å². The number of nitrogens with zero attached hydrogens (tertiary/aromatic N) is 6. The molecule has 1 amide bonds. The highest BCUT2D eigenvalue weighted by molar-refractivity contribution is 5.87. The van der Waals surface area contributed by atoms with Gasteiger partial charge in [0.1, 0.15) is 23.3 Å². The molecule has 10 heteroatoms. The van der Waals surface area contributed by atoms with Crippen LogP contribution in [-0.4, -0.2) is 61.5 Å². The van der Waals surface area contributed by atoms with Crippen LogP contribution in [0.5, 0.6) is 0 Å². The van der Waals surface area contributed by atoms with Crippen molar-refractivity contribution < 1.29 is 9.21 Å². The molecule has 2 aliphatic rings. The largest absolute Gasteiger partial charge is 0.443 e. The van der Waals surface area contributed by atoms with Crippen molar-refractivity contribution in [3.05, 3.63) is 84.4 Å². The molecule has 1 aliphatic heterocycles. The maximum absolute atomic E-state index is 11.1. The van der Waals surface area contributed by atoms with E-state index in [1.165, 1.54) is 23.6 Å². The van der Waals surface area contributed by atoms with Gasteiger partial charge in [0.15, 0.2) is 11.5 Å². The Hall–Kier alpha value is -4.83. The van der Waals surface area contributed by atoms with Gasteiger partial charge in [-0.1, -0.05) is 12.6 Å². The van der Waals surface area contributed by atoms with Crippen molar-refractivity contribution in [3.63, 3.8) is 0 Å². The molecule has 0 saturated carbocycles. The Kier molecular flexibility index (Phi) is 8.02. The van der Waals surface area contributed by atoms with Gasteiger partial charge < -0.3 is 20.4 Å². The van der Waals surface area contributed by atoms with E-state index in [1.807, 2.05) is 43.1 Å². The SMILES string of the molecule is C=CC(=O)N1CCC(NC)CC1.Cc1coc(-c2ccc3nc(-c4cccnc4N)n(-c4ccc5c(c4)CCC5)c3n2)n1. The van der Waals surface area contributed by atoms with Crippen LogP contribution in [-0.2, 0) is 17.6 Å². The highest BCUT2D eigenvalue weighted by Crippen LogP contribution is 2.33. The van der Waals surface area contributed by atoms with E-state index in [9.17, 15) is 4.79 Å². The lowest BCUT2D eigenvalue weighted by Gasteiger charge is -2.30. The summed E-state index contributed by atoms with van der Waals surface area (Å²) in [5, 5.41) is 3.22. The summed E-state index contributed by atoms with van der Waals surface area (Å²) in [6, 6.07) is 14.8. The zero-order chi connectivity index (χ0) is 29.9. The quantitative estimate of drug-likeness (QED) is 0.283.